The van der Waals surface area contributed by atoms with Crippen LogP contribution in [0.15, 0.2) is 6.33 Å². The molecule has 0 aromatic carbocycles. The molecule has 60 valence electrons. The molecule has 0 N–H and O–H groups in total. The fourth-order valence-electron chi connectivity index (χ4n) is 0.763. The van der Waals surface area contributed by atoms with Crippen LogP contribution in [0.25, 0.3) is 0 Å². The standard InChI is InChI=1S/C7H8Cl2N2/c1-4(2)6-5(8)7(9)11-3-10-6/h3-4H,1-2H3. The van der Waals surface area contributed by atoms with Gasteiger partial charge >= 0.3 is 0 Å². The smallest absolute Gasteiger partial charge is 0.151 e. The Morgan fingerprint density at radius 2 is 1.91 bits per heavy atom. The van der Waals surface area contributed by atoms with E-state index >= 15 is 0 Å². The van der Waals surface area contributed by atoms with Gasteiger partial charge in [0, 0.05) is 0 Å². The molecule has 11 heavy (non-hydrogen) atoms. The zero-order valence-electron chi connectivity index (χ0n) is 6.31. The molecule has 1 aromatic heterocycles. The highest BCUT2D eigenvalue weighted by atomic mass is 35.5. The van der Waals surface area contributed by atoms with Crippen molar-refractivity contribution in [3.8, 4) is 0 Å². The van der Waals surface area contributed by atoms with E-state index in [1.54, 1.807) is 0 Å². The second-order valence-corrected chi connectivity index (χ2v) is 3.25. The summed E-state index contributed by atoms with van der Waals surface area (Å²) in [6.07, 6.45) is 1.42. The minimum Gasteiger partial charge on any atom is -0.239 e. The minimum absolute atomic E-state index is 0.281. The molecule has 1 aromatic rings. The van der Waals surface area contributed by atoms with Crippen LogP contribution in [0.4, 0.5) is 0 Å². The lowest BCUT2D eigenvalue weighted by Gasteiger charge is -2.05. The molecule has 0 fully saturated rings. The third-order valence-electron chi connectivity index (χ3n) is 1.32. The lowest BCUT2D eigenvalue weighted by molar-refractivity contribution is 0.814. The number of nitrogens with zero attached hydrogens (tertiary/aromatic N) is 2. The van der Waals surface area contributed by atoms with E-state index in [-0.39, 0.29) is 5.92 Å². The normalized spacial score (nSPS) is 10.6. The Hall–Kier alpha value is -0.340. The maximum Gasteiger partial charge on any atom is 0.151 e. The Bertz CT molecular complexity index is 261. The van der Waals surface area contributed by atoms with Crippen molar-refractivity contribution in [3.63, 3.8) is 0 Å². The summed E-state index contributed by atoms with van der Waals surface area (Å²) >= 11 is 11.5. The fraction of sp³-hybridized carbons (Fsp3) is 0.429. The van der Waals surface area contributed by atoms with E-state index in [0.29, 0.717) is 10.2 Å². The van der Waals surface area contributed by atoms with Crippen LogP contribution in [-0.2, 0) is 0 Å². The van der Waals surface area contributed by atoms with Crippen molar-refractivity contribution in [3.05, 3.63) is 22.2 Å². The molecule has 0 bridgehead atoms. The van der Waals surface area contributed by atoms with Gasteiger partial charge in [0.05, 0.1) is 10.7 Å². The van der Waals surface area contributed by atoms with Crippen LogP contribution in [-0.4, -0.2) is 9.97 Å². The Morgan fingerprint density at radius 1 is 1.27 bits per heavy atom. The first kappa shape index (κ1) is 8.75. The second-order valence-electron chi connectivity index (χ2n) is 2.52. The molecule has 2 nitrogen and oxygen atoms in total. The highest BCUT2D eigenvalue weighted by molar-refractivity contribution is 6.41. The molecule has 0 aliphatic heterocycles. The van der Waals surface area contributed by atoms with E-state index in [4.69, 9.17) is 23.2 Å². The average molecular weight is 191 g/mol. The second kappa shape index (κ2) is 3.37. The van der Waals surface area contributed by atoms with Gasteiger partial charge in [0.2, 0.25) is 0 Å². The molecule has 0 saturated heterocycles. The van der Waals surface area contributed by atoms with E-state index in [0.717, 1.165) is 5.69 Å². The molecule has 0 radical (unpaired) electrons. The zero-order chi connectivity index (χ0) is 8.43. The maximum atomic E-state index is 5.83. The summed E-state index contributed by atoms with van der Waals surface area (Å²) in [5, 5.41) is 0.787. The van der Waals surface area contributed by atoms with Crippen molar-refractivity contribution in [2.45, 2.75) is 19.8 Å². The number of halogens is 2. The Labute approximate surface area is 75.6 Å². The largest absolute Gasteiger partial charge is 0.239 e. The van der Waals surface area contributed by atoms with E-state index in [1.807, 2.05) is 13.8 Å². The Morgan fingerprint density at radius 3 is 2.36 bits per heavy atom. The molecule has 0 atom stereocenters. The quantitative estimate of drug-likeness (QED) is 0.637. The van der Waals surface area contributed by atoms with Crippen LogP contribution in [0, 0.1) is 0 Å². The molecule has 4 heteroatoms. The molecule has 0 aliphatic carbocycles. The molecule has 0 spiro atoms. The van der Waals surface area contributed by atoms with Gasteiger partial charge < -0.3 is 0 Å². The van der Waals surface area contributed by atoms with Gasteiger partial charge in [0.1, 0.15) is 6.33 Å². The van der Waals surface area contributed by atoms with Crippen molar-refractivity contribution in [2.24, 2.45) is 0 Å². The summed E-state index contributed by atoms with van der Waals surface area (Å²) in [6, 6.07) is 0. The summed E-state index contributed by atoms with van der Waals surface area (Å²) in [7, 11) is 0. The summed E-state index contributed by atoms with van der Waals surface area (Å²) in [4.78, 5) is 7.76. The number of aromatic nitrogens is 2. The summed E-state index contributed by atoms with van der Waals surface area (Å²) < 4.78 is 0. The van der Waals surface area contributed by atoms with Crippen molar-refractivity contribution in [1.29, 1.82) is 0 Å². The number of rotatable bonds is 1. The van der Waals surface area contributed by atoms with Crippen LogP contribution in [0.5, 0.6) is 0 Å². The molecule has 0 saturated carbocycles. The molecule has 0 aliphatic rings. The molecular formula is C7H8Cl2N2. The molecular weight excluding hydrogens is 183 g/mol. The lowest BCUT2D eigenvalue weighted by atomic mass is 10.1. The molecule has 1 heterocycles. The fourth-order valence-corrected chi connectivity index (χ4v) is 1.22. The average Bonchev–Trinajstić information content (AvgIpc) is 1.94. The van der Waals surface area contributed by atoms with Gasteiger partial charge in [-0.25, -0.2) is 9.97 Å². The Balaban J connectivity index is 3.17. The minimum atomic E-state index is 0.281. The van der Waals surface area contributed by atoms with Crippen molar-refractivity contribution < 1.29 is 0 Å². The van der Waals surface area contributed by atoms with Crippen LogP contribution < -0.4 is 0 Å². The van der Waals surface area contributed by atoms with Crippen LogP contribution >= 0.6 is 23.2 Å². The van der Waals surface area contributed by atoms with Crippen LogP contribution in [0.3, 0.4) is 0 Å². The molecule has 1 rings (SSSR count). The zero-order valence-corrected chi connectivity index (χ0v) is 7.82. The topological polar surface area (TPSA) is 25.8 Å². The third-order valence-corrected chi connectivity index (χ3v) is 2.08. The van der Waals surface area contributed by atoms with Gasteiger partial charge in [-0.3, -0.25) is 0 Å². The van der Waals surface area contributed by atoms with E-state index in [9.17, 15) is 0 Å². The maximum absolute atomic E-state index is 5.83. The Kier molecular flexibility index (Phi) is 2.68. The van der Waals surface area contributed by atoms with Crippen molar-refractivity contribution in [2.75, 3.05) is 0 Å². The first-order valence-electron chi connectivity index (χ1n) is 3.28. The number of hydrogen-bond acceptors (Lipinski definition) is 2. The van der Waals surface area contributed by atoms with Gasteiger partial charge in [0.25, 0.3) is 0 Å². The molecule has 0 unspecified atom stereocenters. The van der Waals surface area contributed by atoms with E-state index in [2.05, 4.69) is 9.97 Å². The number of hydrogen-bond donors (Lipinski definition) is 0. The van der Waals surface area contributed by atoms with Gasteiger partial charge in [-0.15, -0.1) is 0 Å². The predicted octanol–water partition coefficient (Wildman–Crippen LogP) is 2.91. The van der Waals surface area contributed by atoms with Gasteiger partial charge in [-0.2, -0.15) is 0 Å². The third kappa shape index (κ3) is 1.82. The highest BCUT2D eigenvalue weighted by Gasteiger charge is 2.09. The monoisotopic (exact) mass is 190 g/mol. The lowest BCUT2D eigenvalue weighted by Crippen LogP contribution is -1.95. The first-order chi connectivity index (χ1) is 5.13. The van der Waals surface area contributed by atoms with Crippen LogP contribution in [0.1, 0.15) is 25.5 Å². The first-order valence-corrected chi connectivity index (χ1v) is 4.04. The molecule has 0 amide bonds. The van der Waals surface area contributed by atoms with Crippen LogP contribution in [0.2, 0.25) is 10.2 Å². The van der Waals surface area contributed by atoms with Crippen molar-refractivity contribution in [1.82, 2.24) is 9.97 Å². The van der Waals surface area contributed by atoms with Crippen molar-refractivity contribution >= 4 is 23.2 Å². The summed E-state index contributed by atoms with van der Waals surface area (Å²) in [5.74, 6) is 0.281. The van der Waals surface area contributed by atoms with Gasteiger partial charge in [-0.05, 0) is 5.92 Å². The predicted molar refractivity (Wildman–Crippen MR) is 46.1 cm³/mol. The highest BCUT2D eigenvalue weighted by Crippen LogP contribution is 2.26. The SMILES string of the molecule is CC(C)c1ncnc(Cl)c1Cl. The van der Waals surface area contributed by atoms with Gasteiger partial charge in [-0.1, -0.05) is 37.0 Å². The summed E-state index contributed by atoms with van der Waals surface area (Å²) in [6.45, 7) is 4.01. The van der Waals surface area contributed by atoms with E-state index < -0.39 is 0 Å². The summed E-state index contributed by atoms with van der Waals surface area (Å²) in [5.41, 5.74) is 0.798. The van der Waals surface area contributed by atoms with Gasteiger partial charge in [0.15, 0.2) is 5.15 Å². The van der Waals surface area contributed by atoms with E-state index in [1.165, 1.54) is 6.33 Å².